The lowest BCUT2D eigenvalue weighted by atomic mass is 10.1. The van der Waals surface area contributed by atoms with Crippen LogP contribution in [0.15, 0.2) is 23.2 Å². The van der Waals surface area contributed by atoms with Crippen LogP contribution in [0.1, 0.15) is 37.0 Å². The SMILES string of the molecule is CCC(C)NC(=O)CSc1nc2cc(C)c(C)cc2cc1C#N. The number of aryl methyl sites for hydroxylation is 2. The first-order chi connectivity index (χ1) is 10.9. The van der Waals surface area contributed by atoms with E-state index in [-0.39, 0.29) is 17.7 Å². The standard InChI is InChI=1S/C18H21N3OS/c1-5-13(4)20-17(22)10-23-18-15(9-19)8-14-6-11(2)12(3)7-16(14)21-18/h6-8,13H,5,10H2,1-4H3,(H,20,22). The Morgan fingerprint density at radius 1 is 1.35 bits per heavy atom. The second-order valence-electron chi connectivity index (χ2n) is 5.75. The van der Waals surface area contributed by atoms with E-state index in [4.69, 9.17) is 0 Å². The molecule has 0 saturated heterocycles. The molecule has 23 heavy (non-hydrogen) atoms. The van der Waals surface area contributed by atoms with Crippen LogP contribution in [0, 0.1) is 25.2 Å². The zero-order valence-electron chi connectivity index (χ0n) is 13.9. The number of rotatable bonds is 5. The fraction of sp³-hybridized carbons (Fsp3) is 0.389. The Labute approximate surface area is 141 Å². The van der Waals surface area contributed by atoms with Crippen LogP contribution in [0.4, 0.5) is 0 Å². The number of benzene rings is 1. The highest BCUT2D eigenvalue weighted by atomic mass is 32.2. The van der Waals surface area contributed by atoms with Crippen molar-refractivity contribution in [3.8, 4) is 6.07 Å². The maximum Gasteiger partial charge on any atom is 0.230 e. The van der Waals surface area contributed by atoms with Crippen LogP contribution in [0.3, 0.4) is 0 Å². The number of hydrogen-bond donors (Lipinski definition) is 1. The van der Waals surface area contributed by atoms with Crippen molar-refractivity contribution in [1.82, 2.24) is 10.3 Å². The largest absolute Gasteiger partial charge is 0.353 e. The summed E-state index contributed by atoms with van der Waals surface area (Å²) < 4.78 is 0. The predicted octanol–water partition coefficient (Wildman–Crippen LogP) is 3.73. The molecule has 1 aromatic carbocycles. The number of nitrogens with one attached hydrogen (secondary N) is 1. The second kappa shape index (κ2) is 7.47. The molecule has 1 unspecified atom stereocenters. The first-order valence-corrected chi connectivity index (χ1v) is 8.67. The Bertz CT molecular complexity index is 780. The monoisotopic (exact) mass is 327 g/mol. The van der Waals surface area contributed by atoms with Gasteiger partial charge in [0.1, 0.15) is 11.1 Å². The maximum atomic E-state index is 11.9. The summed E-state index contributed by atoms with van der Waals surface area (Å²) in [7, 11) is 0. The molecule has 120 valence electrons. The molecule has 1 atom stereocenters. The van der Waals surface area contributed by atoms with E-state index in [0.717, 1.165) is 17.3 Å². The first kappa shape index (κ1) is 17.3. The van der Waals surface area contributed by atoms with Gasteiger partial charge in [0, 0.05) is 11.4 Å². The molecule has 0 spiro atoms. The molecule has 1 N–H and O–H groups in total. The van der Waals surface area contributed by atoms with Crippen molar-refractivity contribution >= 4 is 28.6 Å². The van der Waals surface area contributed by atoms with Crippen LogP contribution in [0.5, 0.6) is 0 Å². The third-order valence-electron chi connectivity index (χ3n) is 3.88. The van der Waals surface area contributed by atoms with Crippen LogP contribution in [0.2, 0.25) is 0 Å². The van der Waals surface area contributed by atoms with Gasteiger partial charge in [-0.1, -0.05) is 18.7 Å². The van der Waals surface area contributed by atoms with E-state index in [1.54, 1.807) is 0 Å². The zero-order valence-corrected chi connectivity index (χ0v) is 14.8. The highest BCUT2D eigenvalue weighted by Crippen LogP contribution is 2.26. The molecule has 0 bridgehead atoms. The predicted molar refractivity (Wildman–Crippen MR) is 94.6 cm³/mol. The molecule has 0 aliphatic carbocycles. The number of thioether (sulfide) groups is 1. The maximum absolute atomic E-state index is 11.9. The van der Waals surface area contributed by atoms with Gasteiger partial charge in [0.25, 0.3) is 0 Å². The first-order valence-electron chi connectivity index (χ1n) is 7.68. The summed E-state index contributed by atoms with van der Waals surface area (Å²) in [5.41, 5.74) is 3.72. The lowest BCUT2D eigenvalue weighted by Gasteiger charge is -2.11. The summed E-state index contributed by atoms with van der Waals surface area (Å²) in [6.45, 7) is 8.09. The Hall–Kier alpha value is -2.06. The topological polar surface area (TPSA) is 65.8 Å². The van der Waals surface area contributed by atoms with E-state index in [1.807, 2.05) is 45.9 Å². The van der Waals surface area contributed by atoms with Gasteiger partial charge in [0.2, 0.25) is 5.91 Å². The average molecular weight is 327 g/mol. The second-order valence-corrected chi connectivity index (χ2v) is 6.71. The third kappa shape index (κ3) is 4.23. The molecule has 1 heterocycles. The van der Waals surface area contributed by atoms with Crippen molar-refractivity contribution in [2.75, 3.05) is 5.75 Å². The molecule has 0 aliphatic heterocycles. The summed E-state index contributed by atoms with van der Waals surface area (Å²) in [6.07, 6.45) is 0.896. The van der Waals surface area contributed by atoms with Gasteiger partial charge in [0.05, 0.1) is 16.8 Å². The molecule has 4 nitrogen and oxygen atoms in total. The molecule has 2 aromatic rings. The normalized spacial score (nSPS) is 12.0. The van der Waals surface area contributed by atoms with Crippen LogP contribution in [-0.4, -0.2) is 22.7 Å². The summed E-state index contributed by atoms with van der Waals surface area (Å²) in [5, 5.41) is 13.8. The van der Waals surface area contributed by atoms with Gasteiger partial charge < -0.3 is 5.32 Å². The molecule has 0 saturated carbocycles. The van der Waals surface area contributed by atoms with Gasteiger partial charge in [0.15, 0.2) is 0 Å². The fourth-order valence-corrected chi connectivity index (χ4v) is 2.94. The van der Waals surface area contributed by atoms with E-state index in [0.29, 0.717) is 10.6 Å². The Morgan fingerprint density at radius 2 is 2.04 bits per heavy atom. The Balaban J connectivity index is 2.24. The van der Waals surface area contributed by atoms with Crippen LogP contribution < -0.4 is 5.32 Å². The molecule has 0 radical (unpaired) electrons. The minimum absolute atomic E-state index is 0.0322. The van der Waals surface area contributed by atoms with Gasteiger partial charge in [-0.2, -0.15) is 5.26 Å². The molecule has 1 amide bonds. The van der Waals surface area contributed by atoms with E-state index in [1.165, 1.54) is 22.9 Å². The van der Waals surface area contributed by atoms with Crippen LogP contribution >= 0.6 is 11.8 Å². The number of aromatic nitrogens is 1. The minimum atomic E-state index is -0.0322. The molecule has 1 aromatic heterocycles. The molecular formula is C18H21N3OS. The van der Waals surface area contributed by atoms with Crippen molar-refractivity contribution in [3.63, 3.8) is 0 Å². The number of amides is 1. The van der Waals surface area contributed by atoms with Gasteiger partial charge in [-0.15, -0.1) is 0 Å². The van der Waals surface area contributed by atoms with Crippen molar-refractivity contribution in [3.05, 3.63) is 34.9 Å². The highest BCUT2D eigenvalue weighted by molar-refractivity contribution is 8.00. The fourth-order valence-electron chi connectivity index (χ4n) is 2.17. The van der Waals surface area contributed by atoms with Crippen molar-refractivity contribution in [2.45, 2.75) is 45.2 Å². The van der Waals surface area contributed by atoms with E-state index >= 15 is 0 Å². The Kier molecular flexibility index (Phi) is 5.62. The van der Waals surface area contributed by atoms with Gasteiger partial charge in [-0.05, 0) is 56.5 Å². The molecule has 2 rings (SSSR count). The number of hydrogen-bond acceptors (Lipinski definition) is 4. The number of carbonyl (C=O) groups is 1. The molecule has 5 heteroatoms. The molecule has 0 aliphatic rings. The summed E-state index contributed by atoms with van der Waals surface area (Å²) in [6, 6.07) is 8.26. The quantitative estimate of drug-likeness (QED) is 0.850. The van der Waals surface area contributed by atoms with Crippen molar-refractivity contribution < 1.29 is 4.79 Å². The zero-order chi connectivity index (χ0) is 17.0. The number of pyridine rings is 1. The van der Waals surface area contributed by atoms with E-state index in [2.05, 4.69) is 16.4 Å². The smallest absolute Gasteiger partial charge is 0.230 e. The Morgan fingerprint density at radius 3 is 2.70 bits per heavy atom. The summed E-state index contributed by atoms with van der Waals surface area (Å²) in [5.74, 6) is 0.234. The average Bonchev–Trinajstić information content (AvgIpc) is 2.53. The molecular weight excluding hydrogens is 306 g/mol. The summed E-state index contributed by atoms with van der Waals surface area (Å²) in [4.78, 5) is 16.5. The highest BCUT2D eigenvalue weighted by Gasteiger charge is 2.12. The van der Waals surface area contributed by atoms with Gasteiger partial charge in [-0.3, -0.25) is 4.79 Å². The van der Waals surface area contributed by atoms with Gasteiger partial charge in [-0.25, -0.2) is 4.98 Å². The number of carbonyl (C=O) groups excluding carboxylic acids is 1. The molecule has 0 fully saturated rings. The number of nitrogens with zero attached hydrogens (tertiary/aromatic N) is 2. The van der Waals surface area contributed by atoms with Crippen LogP contribution in [0.25, 0.3) is 10.9 Å². The van der Waals surface area contributed by atoms with Gasteiger partial charge >= 0.3 is 0 Å². The van der Waals surface area contributed by atoms with E-state index in [9.17, 15) is 10.1 Å². The number of nitriles is 1. The third-order valence-corrected chi connectivity index (χ3v) is 4.87. The van der Waals surface area contributed by atoms with Crippen molar-refractivity contribution in [1.29, 1.82) is 5.26 Å². The lowest BCUT2D eigenvalue weighted by Crippen LogP contribution is -2.33. The van der Waals surface area contributed by atoms with Crippen molar-refractivity contribution in [2.24, 2.45) is 0 Å². The minimum Gasteiger partial charge on any atom is -0.353 e. The van der Waals surface area contributed by atoms with Crippen LogP contribution in [-0.2, 0) is 4.79 Å². The number of fused-ring (bicyclic) bond motifs is 1. The lowest BCUT2D eigenvalue weighted by molar-refractivity contribution is -0.119. The summed E-state index contributed by atoms with van der Waals surface area (Å²) >= 11 is 1.31. The van der Waals surface area contributed by atoms with E-state index < -0.39 is 0 Å².